The van der Waals surface area contributed by atoms with Crippen molar-refractivity contribution in [2.24, 2.45) is 0 Å². The quantitative estimate of drug-likeness (QED) is 0.347. The Balaban J connectivity index is 1.50. The first-order chi connectivity index (χ1) is 14.2. The van der Waals surface area contributed by atoms with Gasteiger partial charge in [0.2, 0.25) is 0 Å². The number of aromatic nitrogens is 1. The number of ether oxygens (including phenoxy) is 1. The third kappa shape index (κ3) is 4.18. The van der Waals surface area contributed by atoms with Gasteiger partial charge in [-0.2, -0.15) is 5.26 Å². The number of aryl methyl sites for hydroxylation is 2. The molecule has 0 bridgehead atoms. The van der Waals surface area contributed by atoms with Crippen LogP contribution in [0.25, 0.3) is 22.3 Å². The minimum absolute atomic E-state index is 0.582. The van der Waals surface area contributed by atoms with Crippen molar-refractivity contribution in [3.63, 3.8) is 0 Å². The predicted octanol–water partition coefficient (Wildman–Crippen LogP) is 6.31. The third-order valence-corrected chi connectivity index (χ3v) is 5.56. The van der Waals surface area contributed by atoms with Crippen LogP contribution in [0, 0.1) is 11.3 Å². The van der Waals surface area contributed by atoms with E-state index in [1.54, 1.807) is 13.3 Å². The molecule has 29 heavy (non-hydrogen) atoms. The van der Waals surface area contributed by atoms with Crippen LogP contribution in [0.1, 0.15) is 23.2 Å². The van der Waals surface area contributed by atoms with Crippen LogP contribution in [0.3, 0.4) is 0 Å². The number of hydrogen-bond acceptors (Lipinski definition) is 4. The largest absolute Gasteiger partial charge is 0.495 e. The van der Waals surface area contributed by atoms with Crippen LogP contribution in [0.5, 0.6) is 5.75 Å². The molecule has 0 saturated heterocycles. The molecule has 0 aliphatic heterocycles. The molecule has 0 amide bonds. The van der Waals surface area contributed by atoms with E-state index < -0.39 is 0 Å². The van der Waals surface area contributed by atoms with E-state index in [1.807, 2.05) is 42.5 Å². The van der Waals surface area contributed by atoms with Gasteiger partial charge in [-0.3, -0.25) is 4.98 Å². The van der Waals surface area contributed by atoms with Gasteiger partial charge in [0.15, 0.2) is 0 Å². The van der Waals surface area contributed by atoms with Crippen molar-refractivity contribution in [1.29, 1.82) is 5.26 Å². The van der Waals surface area contributed by atoms with Gasteiger partial charge in [0.05, 0.1) is 18.9 Å². The van der Waals surface area contributed by atoms with Crippen LogP contribution in [0.15, 0.2) is 69.7 Å². The van der Waals surface area contributed by atoms with Crippen molar-refractivity contribution in [3.05, 3.63) is 82.1 Å². The lowest BCUT2D eigenvalue weighted by Crippen LogP contribution is -1.93. The van der Waals surface area contributed by atoms with Crippen LogP contribution in [0.4, 0.5) is 0 Å². The summed E-state index contributed by atoms with van der Waals surface area (Å²) in [7, 11) is 1.64. The lowest BCUT2D eigenvalue weighted by atomic mass is 10.0. The zero-order valence-electron chi connectivity index (χ0n) is 16.0. The number of pyridine rings is 1. The summed E-state index contributed by atoms with van der Waals surface area (Å²) < 4.78 is 11.9. The van der Waals surface area contributed by atoms with Gasteiger partial charge < -0.3 is 9.15 Å². The van der Waals surface area contributed by atoms with Gasteiger partial charge in [-0.25, -0.2) is 0 Å². The first-order valence-electron chi connectivity index (χ1n) is 9.38. The molecule has 4 aromatic rings. The topological polar surface area (TPSA) is 59.0 Å². The van der Waals surface area contributed by atoms with E-state index in [4.69, 9.17) is 9.15 Å². The number of nitriles is 1. The molecule has 4 rings (SSSR count). The van der Waals surface area contributed by atoms with Crippen LogP contribution in [0.2, 0.25) is 0 Å². The lowest BCUT2D eigenvalue weighted by Gasteiger charge is -2.03. The average molecular weight is 447 g/mol. The molecule has 0 aliphatic carbocycles. The Hall–Kier alpha value is -3.10. The zero-order valence-corrected chi connectivity index (χ0v) is 17.6. The molecule has 2 heterocycles. The molecule has 0 radical (unpaired) electrons. The summed E-state index contributed by atoms with van der Waals surface area (Å²) in [5, 5.41) is 10.5. The second-order valence-electron chi connectivity index (χ2n) is 6.80. The molecule has 2 aromatic heterocycles. The van der Waals surface area contributed by atoms with Gasteiger partial charge in [0.25, 0.3) is 0 Å². The predicted molar refractivity (Wildman–Crippen MR) is 117 cm³/mol. The summed E-state index contributed by atoms with van der Waals surface area (Å²) in [6.45, 7) is 0. The maximum Gasteiger partial charge on any atom is 0.137 e. The molecule has 0 aliphatic rings. The highest BCUT2D eigenvalue weighted by atomic mass is 79.9. The number of fused-ring (bicyclic) bond motifs is 1. The van der Waals surface area contributed by atoms with E-state index in [2.05, 4.69) is 39.1 Å². The van der Waals surface area contributed by atoms with Gasteiger partial charge in [0.1, 0.15) is 23.2 Å². The van der Waals surface area contributed by atoms with Crippen molar-refractivity contribution in [3.8, 4) is 23.1 Å². The highest BCUT2D eigenvalue weighted by Crippen LogP contribution is 2.33. The number of rotatable bonds is 6. The number of hydrogen-bond donors (Lipinski definition) is 0. The normalized spacial score (nSPS) is 10.8. The highest BCUT2D eigenvalue weighted by Gasteiger charge is 2.13. The molecular weight excluding hydrogens is 428 g/mol. The Bertz CT molecular complexity index is 1190. The fourth-order valence-electron chi connectivity index (χ4n) is 3.38. The number of benzene rings is 2. The Morgan fingerprint density at radius 1 is 1.10 bits per heavy atom. The maximum atomic E-state index is 9.47. The molecule has 0 fully saturated rings. The Morgan fingerprint density at radius 2 is 2.00 bits per heavy atom. The Morgan fingerprint density at radius 3 is 2.76 bits per heavy atom. The molecule has 2 aromatic carbocycles. The second kappa shape index (κ2) is 8.50. The number of halogens is 1. The molecule has 5 heteroatoms. The van der Waals surface area contributed by atoms with Gasteiger partial charge in [-0.05, 0) is 83.2 Å². The first-order valence-corrected chi connectivity index (χ1v) is 10.2. The summed E-state index contributed by atoms with van der Waals surface area (Å²) in [6.07, 6.45) is 4.65. The van der Waals surface area contributed by atoms with Crippen molar-refractivity contribution in [2.45, 2.75) is 19.3 Å². The molecule has 144 valence electrons. The van der Waals surface area contributed by atoms with E-state index in [-0.39, 0.29) is 0 Å². The van der Waals surface area contributed by atoms with Crippen molar-refractivity contribution < 1.29 is 9.15 Å². The van der Waals surface area contributed by atoms with E-state index in [9.17, 15) is 5.26 Å². The summed E-state index contributed by atoms with van der Waals surface area (Å²) in [5.41, 5.74) is 4.53. The van der Waals surface area contributed by atoms with E-state index in [0.717, 1.165) is 51.7 Å². The summed E-state index contributed by atoms with van der Waals surface area (Å²) in [4.78, 5) is 4.42. The van der Waals surface area contributed by atoms with Crippen molar-refractivity contribution >= 4 is 26.9 Å². The zero-order chi connectivity index (χ0) is 20.2. The van der Waals surface area contributed by atoms with Crippen molar-refractivity contribution in [2.75, 3.05) is 7.11 Å². The molecule has 0 spiro atoms. The molecule has 4 nitrogen and oxygen atoms in total. The van der Waals surface area contributed by atoms with Crippen LogP contribution in [-0.4, -0.2) is 12.1 Å². The minimum Gasteiger partial charge on any atom is -0.495 e. The van der Waals surface area contributed by atoms with Gasteiger partial charge in [0, 0.05) is 21.1 Å². The van der Waals surface area contributed by atoms with Crippen molar-refractivity contribution in [1.82, 2.24) is 4.98 Å². The second-order valence-corrected chi connectivity index (χ2v) is 7.65. The van der Waals surface area contributed by atoms with Crippen LogP contribution >= 0.6 is 15.9 Å². The molecule has 0 N–H and O–H groups in total. The fraction of sp³-hybridized carbons (Fsp3) is 0.167. The smallest absolute Gasteiger partial charge is 0.137 e. The lowest BCUT2D eigenvalue weighted by molar-refractivity contribution is 0.412. The van der Waals surface area contributed by atoms with Crippen LogP contribution < -0.4 is 4.74 Å². The van der Waals surface area contributed by atoms with Gasteiger partial charge in [-0.15, -0.1) is 0 Å². The van der Waals surface area contributed by atoms with Crippen LogP contribution in [-0.2, 0) is 12.8 Å². The summed E-state index contributed by atoms with van der Waals surface area (Å²) in [6, 6.07) is 20.1. The number of methoxy groups -OCH3 is 1. The van der Waals surface area contributed by atoms with E-state index in [1.165, 1.54) is 5.56 Å². The third-order valence-electron chi connectivity index (χ3n) is 4.90. The average Bonchev–Trinajstić information content (AvgIpc) is 3.17. The summed E-state index contributed by atoms with van der Waals surface area (Å²) >= 11 is 3.44. The highest BCUT2D eigenvalue weighted by molar-refractivity contribution is 9.10. The number of furan rings is 1. The fourth-order valence-corrected chi connectivity index (χ4v) is 3.83. The number of nitrogens with zero attached hydrogens (tertiary/aromatic N) is 2. The maximum absolute atomic E-state index is 9.47. The minimum atomic E-state index is 0.582. The Labute approximate surface area is 177 Å². The monoisotopic (exact) mass is 446 g/mol. The molecule has 0 unspecified atom stereocenters. The molecule has 0 saturated carbocycles. The first kappa shape index (κ1) is 19.2. The Kier molecular flexibility index (Phi) is 5.64. The van der Waals surface area contributed by atoms with E-state index in [0.29, 0.717) is 11.3 Å². The molecular formula is C24H19BrN2O2. The van der Waals surface area contributed by atoms with Gasteiger partial charge >= 0.3 is 0 Å². The van der Waals surface area contributed by atoms with Gasteiger partial charge in [-0.1, -0.05) is 12.1 Å². The standard InChI is InChI=1S/C24H19BrN2O2/c1-28-19-10-9-18(27-15-19)5-2-4-16-8-11-23-17(12-16)13-24(29-23)20-6-3-7-22(25)21(20)14-26/h3,6-13,15H,2,4-5H2,1H3. The SMILES string of the molecule is COc1ccc(CCCc2ccc3oc(-c4cccc(Br)c4C#N)cc3c2)nc1. The summed E-state index contributed by atoms with van der Waals surface area (Å²) in [5.74, 6) is 1.48. The van der Waals surface area contributed by atoms with E-state index >= 15 is 0 Å². The molecule has 0 atom stereocenters.